The molecule has 39 heavy (non-hydrogen) atoms. The summed E-state index contributed by atoms with van der Waals surface area (Å²) in [6.45, 7) is 0.00281. The number of amides is 2. The van der Waals surface area contributed by atoms with Crippen molar-refractivity contribution in [3.05, 3.63) is 58.2 Å². The number of nitrogens with one attached hydrogen (secondary N) is 1. The van der Waals surface area contributed by atoms with Gasteiger partial charge in [-0.3, -0.25) is 19.2 Å². The number of aliphatic hydroxyl groups is 3. The molecule has 2 unspecified atom stereocenters. The van der Waals surface area contributed by atoms with Crippen molar-refractivity contribution in [2.24, 2.45) is 23.5 Å². The predicted molar refractivity (Wildman–Crippen MR) is 131 cm³/mol. The number of benzene rings is 1. The van der Waals surface area contributed by atoms with Crippen molar-refractivity contribution in [1.29, 1.82) is 0 Å². The van der Waals surface area contributed by atoms with E-state index in [4.69, 9.17) is 5.73 Å². The number of hydrogen-bond acceptors (Lipinski definition) is 11. The fraction of sp³-hybridized carbons (Fsp3) is 0.423. The van der Waals surface area contributed by atoms with Crippen LogP contribution in [0.4, 0.5) is 0 Å². The van der Waals surface area contributed by atoms with Gasteiger partial charge in [0.15, 0.2) is 17.2 Å². The summed E-state index contributed by atoms with van der Waals surface area (Å²) in [5.74, 6) is -8.45. The maximum atomic E-state index is 13.7. The molecule has 3 aliphatic carbocycles. The Kier molecular flexibility index (Phi) is 6.32. The molecular weight excluding hydrogens is 512 g/mol. The molecule has 1 saturated carbocycles. The van der Waals surface area contributed by atoms with Crippen LogP contribution in [0.3, 0.4) is 0 Å². The van der Waals surface area contributed by atoms with Crippen LogP contribution >= 0.6 is 0 Å². The number of fused-ring (bicyclic) bond motifs is 3. The summed E-state index contributed by atoms with van der Waals surface area (Å²) in [5.41, 5.74) is 3.56. The van der Waals surface area contributed by atoms with Crippen molar-refractivity contribution >= 4 is 23.4 Å². The molecule has 0 spiro atoms. The molecule has 6 atom stereocenters. The van der Waals surface area contributed by atoms with Crippen LogP contribution in [0.15, 0.2) is 40.4 Å². The third-order valence-corrected chi connectivity index (χ3v) is 8.21. The Balaban J connectivity index is 1.58. The molecule has 5 rings (SSSR count). The lowest BCUT2D eigenvalue weighted by atomic mass is 9.56. The molecule has 0 saturated heterocycles. The number of phenolic OH excluding ortho intramolecular Hbond substituents is 1. The van der Waals surface area contributed by atoms with Gasteiger partial charge in [-0.15, -0.1) is 0 Å². The van der Waals surface area contributed by atoms with E-state index in [1.54, 1.807) is 20.2 Å². The van der Waals surface area contributed by atoms with E-state index >= 15 is 0 Å². The number of carbonyl (C=O) groups excluding carboxylic acids is 4. The Morgan fingerprint density at radius 1 is 1.26 bits per heavy atom. The first-order chi connectivity index (χ1) is 18.4. The number of nitrogens with zero attached hydrogens (tertiary/aromatic N) is 2. The molecule has 206 valence electrons. The number of rotatable bonds is 5. The number of likely N-dealkylation sites (N-methyl/N-ethyl adjacent to an activating group) is 1. The molecule has 2 aromatic rings. The first-order valence-corrected chi connectivity index (χ1v) is 12.3. The molecule has 0 aliphatic heterocycles. The number of carbonyl (C=O) groups is 4. The van der Waals surface area contributed by atoms with Crippen LogP contribution in [0.25, 0.3) is 0 Å². The summed E-state index contributed by atoms with van der Waals surface area (Å²) >= 11 is 0. The molecule has 1 fully saturated rings. The smallest absolute Gasteiger partial charge is 0.256 e. The number of aromatic hydroxyl groups is 1. The van der Waals surface area contributed by atoms with E-state index in [0.29, 0.717) is 11.1 Å². The number of Topliss-reactive ketones (excluding diaryl/α,β-unsaturated/α-hetero) is 2. The van der Waals surface area contributed by atoms with Crippen molar-refractivity contribution in [2.45, 2.75) is 37.1 Å². The number of hydrogen-bond donors (Lipinski definition) is 6. The summed E-state index contributed by atoms with van der Waals surface area (Å²) < 4.78 is 4.68. The molecule has 0 bridgehead atoms. The van der Waals surface area contributed by atoms with Gasteiger partial charge in [-0.2, -0.15) is 0 Å². The van der Waals surface area contributed by atoms with Gasteiger partial charge in [-0.1, -0.05) is 11.2 Å². The van der Waals surface area contributed by atoms with E-state index in [1.165, 1.54) is 23.4 Å². The summed E-state index contributed by atoms with van der Waals surface area (Å²) in [4.78, 5) is 53.1. The molecule has 1 aromatic carbocycles. The zero-order valence-electron chi connectivity index (χ0n) is 21.1. The minimum absolute atomic E-state index is 0.000343. The van der Waals surface area contributed by atoms with Crippen LogP contribution in [0.5, 0.6) is 5.75 Å². The van der Waals surface area contributed by atoms with Crippen molar-refractivity contribution in [3.8, 4) is 5.75 Å². The van der Waals surface area contributed by atoms with E-state index in [-0.39, 0.29) is 41.8 Å². The Morgan fingerprint density at radius 2 is 1.97 bits per heavy atom. The van der Waals surface area contributed by atoms with Gasteiger partial charge in [0.1, 0.15) is 23.7 Å². The Morgan fingerprint density at radius 3 is 2.59 bits per heavy atom. The van der Waals surface area contributed by atoms with Crippen LogP contribution in [-0.4, -0.2) is 85.7 Å². The number of phenols is 1. The normalized spacial score (nSPS) is 30.0. The molecular formula is C26H28N4O9. The van der Waals surface area contributed by atoms with Crippen LogP contribution in [0.1, 0.15) is 38.3 Å². The summed E-state index contributed by atoms with van der Waals surface area (Å²) in [7, 11) is 3.18. The third-order valence-electron chi connectivity index (χ3n) is 8.21. The van der Waals surface area contributed by atoms with Gasteiger partial charge in [-0.25, -0.2) is 0 Å². The number of aliphatic hydroxyl groups excluding tert-OH is 2. The summed E-state index contributed by atoms with van der Waals surface area (Å²) in [6, 6.07) is 1.89. The molecule has 0 radical (unpaired) electrons. The quantitative estimate of drug-likeness (QED) is 0.258. The Hall–Kier alpha value is -4.07. The molecule has 7 N–H and O–H groups in total. The second-order valence-electron chi connectivity index (χ2n) is 10.5. The van der Waals surface area contributed by atoms with Gasteiger partial charge in [0.25, 0.3) is 5.91 Å². The Labute approximate surface area is 221 Å². The fourth-order valence-corrected chi connectivity index (χ4v) is 6.43. The zero-order valence-corrected chi connectivity index (χ0v) is 21.1. The SMILES string of the molecule is CN(C)[C@@H]1C(O)C(C(N)=O)C(=O)[C@@]2(O)C(O)=C3C(=O)c4c(O)ccc(CNC(=O)c5cnoc5)c4C[C@H]3C[C@@H]12. The van der Waals surface area contributed by atoms with Gasteiger partial charge in [0, 0.05) is 24.1 Å². The number of primary amides is 1. The topological polar surface area (TPSA) is 217 Å². The van der Waals surface area contributed by atoms with Crippen molar-refractivity contribution in [3.63, 3.8) is 0 Å². The lowest BCUT2D eigenvalue weighted by molar-refractivity contribution is -0.178. The average Bonchev–Trinajstić information content (AvgIpc) is 3.40. The largest absolute Gasteiger partial charge is 0.508 e. The fourth-order valence-electron chi connectivity index (χ4n) is 6.43. The maximum Gasteiger partial charge on any atom is 0.256 e. The molecule has 1 aromatic heterocycles. The highest BCUT2D eigenvalue weighted by atomic mass is 16.5. The molecule has 13 nitrogen and oxygen atoms in total. The summed E-state index contributed by atoms with van der Waals surface area (Å²) in [5, 5.41) is 50.7. The van der Waals surface area contributed by atoms with Crippen LogP contribution < -0.4 is 11.1 Å². The first kappa shape index (κ1) is 26.5. The molecule has 3 aliphatic rings. The number of nitrogens with two attached hydrogens (primary N) is 1. The number of aromatic nitrogens is 1. The lowest BCUT2D eigenvalue weighted by Crippen LogP contribution is -2.71. The second kappa shape index (κ2) is 9.29. The van der Waals surface area contributed by atoms with E-state index < -0.39 is 64.6 Å². The highest BCUT2D eigenvalue weighted by molar-refractivity contribution is 6.15. The van der Waals surface area contributed by atoms with Crippen molar-refractivity contribution < 1.29 is 44.1 Å². The predicted octanol–water partition coefficient (Wildman–Crippen LogP) is -0.796. The standard InChI is InChI=1S/C26H28N4O9/c1-30(2)19-14-6-11-5-13-10(7-28-25(37)12-8-29-39-9-12)3-4-15(31)17(13)20(32)16(11)22(34)26(14,38)23(35)18(21(19)33)24(27)36/h3-4,8-9,11,14,18-19,21,31,33-34,38H,5-7H2,1-2H3,(H2,27,36)(H,28,37)/t11-,14-,18?,19-,21?,26-/m0/s1. The first-order valence-electron chi connectivity index (χ1n) is 12.3. The molecule has 2 amide bonds. The Bertz CT molecular complexity index is 1420. The molecule has 1 heterocycles. The van der Waals surface area contributed by atoms with E-state index in [1.807, 2.05) is 0 Å². The van der Waals surface area contributed by atoms with Gasteiger partial charge in [-0.05, 0) is 50.0 Å². The summed E-state index contributed by atoms with van der Waals surface area (Å²) in [6.07, 6.45) is 1.00. The minimum atomic E-state index is -2.65. The zero-order chi connectivity index (χ0) is 28.4. The van der Waals surface area contributed by atoms with Gasteiger partial charge in [0.2, 0.25) is 5.91 Å². The highest BCUT2D eigenvalue weighted by Gasteiger charge is 2.66. The van der Waals surface area contributed by atoms with Crippen molar-refractivity contribution in [2.75, 3.05) is 14.1 Å². The van der Waals surface area contributed by atoms with Crippen LogP contribution in [-0.2, 0) is 22.6 Å². The maximum absolute atomic E-state index is 13.7. The lowest BCUT2D eigenvalue weighted by Gasteiger charge is -2.53. The van der Waals surface area contributed by atoms with Crippen molar-refractivity contribution in [1.82, 2.24) is 15.4 Å². The number of allylic oxidation sites excluding steroid dienone is 1. The minimum Gasteiger partial charge on any atom is -0.508 e. The van der Waals surface area contributed by atoms with E-state index in [0.717, 1.165) is 0 Å². The van der Waals surface area contributed by atoms with Gasteiger partial charge in [0.05, 0.1) is 23.4 Å². The monoisotopic (exact) mass is 540 g/mol. The van der Waals surface area contributed by atoms with Gasteiger partial charge < -0.3 is 40.9 Å². The van der Waals surface area contributed by atoms with Crippen LogP contribution in [0, 0.1) is 17.8 Å². The number of ketones is 2. The highest BCUT2D eigenvalue weighted by Crippen LogP contribution is 2.52. The third kappa shape index (κ3) is 3.84. The van der Waals surface area contributed by atoms with E-state index in [2.05, 4.69) is 15.0 Å². The average molecular weight is 541 g/mol. The van der Waals surface area contributed by atoms with Crippen LogP contribution in [0.2, 0.25) is 0 Å². The molecule has 13 heteroatoms. The second-order valence-corrected chi connectivity index (χ2v) is 10.5. The van der Waals surface area contributed by atoms with Gasteiger partial charge >= 0.3 is 0 Å². The van der Waals surface area contributed by atoms with E-state index in [9.17, 15) is 39.6 Å².